The van der Waals surface area contributed by atoms with Crippen molar-refractivity contribution in [2.45, 2.75) is 32.4 Å². The van der Waals surface area contributed by atoms with E-state index in [1.54, 1.807) is 0 Å². The highest BCUT2D eigenvalue weighted by Crippen LogP contribution is 2.13. The second kappa shape index (κ2) is 9.68. The third-order valence-corrected chi connectivity index (χ3v) is 4.00. The van der Waals surface area contributed by atoms with Gasteiger partial charge in [0.05, 0.1) is 0 Å². The van der Waals surface area contributed by atoms with E-state index in [0.717, 1.165) is 32.5 Å². The van der Waals surface area contributed by atoms with Gasteiger partial charge in [0, 0.05) is 18.7 Å². The number of hydrogen-bond acceptors (Lipinski definition) is 2. The molecule has 2 rings (SSSR count). The molecule has 2 aromatic carbocycles. The van der Waals surface area contributed by atoms with Crippen LogP contribution in [0.1, 0.15) is 30.4 Å². The molecule has 0 atom stereocenters. The van der Waals surface area contributed by atoms with Crippen molar-refractivity contribution in [3.8, 4) is 0 Å². The Morgan fingerprint density at radius 3 is 1.83 bits per heavy atom. The first kappa shape index (κ1) is 18.0. The lowest BCUT2D eigenvalue weighted by molar-refractivity contribution is -0.132. The molecule has 0 radical (unpaired) electrons. The number of unbranched alkanes of at least 4 members (excludes halogenated alkanes) is 1. The fourth-order valence-corrected chi connectivity index (χ4v) is 2.68. The summed E-state index contributed by atoms with van der Waals surface area (Å²) >= 11 is 0. The highest BCUT2D eigenvalue weighted by molar-refractivity contribution is 5.85. The maximum absolute atomic E-state index is 10.8. The van der Waals surface area contributed by atoms with E-state index in [4.69, 9.17) is 5.11 Å². The van der Waals surface area contributed by atoms with Crippen molar-refractivity contribution in [1.29, 1.82) is 0 Å². The van der Waals surface area contributed by atoms with Crippen LogP contribution in [0.3, 0.4) is 0 Å². The van der Waals surface area contributed by atoms with Crippen LogP contribution in [0.15, 0.2) is 72.8 Å². The van der Waals surface area contributed by atoms with Crippen molar-refractivity contribution < 1.29 is 9.90 Å². The number of nitrogens with zero attached hydrogens (tertiary/aromatic N) is 1. The van der Waals surface area contributed by atoms with E-state index in [-0.39, 0.29) is 0 Å². The van der Waals surface area contributed by atoms with E-state index in [1.807, 2.05) is 12.1 Å². The maximum atomic E-state index is 10.8. The van der Waals surface area contributed by atoms with Crippen molar-refractivity contribution in [1.82, 2.24) is 4.90 Å². The first-order valence-electron chi connectivity index (χ1n) is 8.36. The third kappa shape index (κ3) is 6.39. The van der Waals surface area contributed by atoms with Gasteiger partial charge in [0.15, 0.2) is 0 Å². The SMILES string of the molecule is C=C(CCCCN(Cc1ccccc1)Cc1ccccc1)C(=O)O. The predicted octanol–water partition coefficient (Wildman–Crippen LogP) is 4.50. The first-order chi connectivity index (χ1) is 11.6. The molecule has 1 N–H and O–H groups in total. The van der Waals surface area contributed by atoms with E-state index in [1.165, 1.54) is 11.1 Å². The Kier molecular flexibility index (Phi) is 7.24. The molecule has 24 heavy (non-hydrogen) atoms. The van der Waals surface area contributed by atoms with Crippen LogP contribution in [-0.4, -0.2) is 22.5 Å². The molecule has 0 aliphatic carbocycles. The normalized spacial score (nSPS) is 10.7. The average Bonchev–Trinajstić information content (AvgIpc) is 2.60. The van der Waals surface area contributed by atoms with Crippen LogP contribution in [0.25, 0.3) is 0 Å². The molecule has 0 saturated heterocycles. The minimum absolute atomic E-state index is 0.299. The van der Waals surface area contributed by atoms with Crippen molar-refractivity contribution >= 4 is 5.97 Å². The number of carboxylic acid groups (broad SMARTS) is 1. The van der Waals surface area contributed by atoms with Crippen LogP contribution in [0.5, 0.6) is 0 Å². The summed E-state index contributed by atoms with van der Waals surface area (Å²) in [5, 5.41) is 8.87. The Morgan fingerprint density at radius 1 is 0.875 bits per heavy atom. The molecule has 3 nitrogen and oxygen atoms in total. The van der Waals surface area contributed by atoms with E-state index in [9.17, 15) is 4.79 Å². The lowest BCUT2D eigenvalue weighted by Gasteiger charge is -2.22. The van der Waals surface area contributed by atoms with Gasteiger partial charge in [-0.05, 0) is 36.9 Å². The fourth-order valence-electron chi connectivity index (χ4n) is 2.68. The summed E-state index contributed by atoms with van der Waals surface area (Å²) in [6.45, 7) is 6.33. The molecule has 0 aliphatic heterocycles. The van der Waals surface area contributed by atoms with Crippen molar-refractivity contribution in [3.63, 3.8) is 0 Å². The van der Waals surface area contributed by atoms with Crippen molar-refractivity contribution in [3.05, 3.63) is 83.9 Å². The minimum Gasteiger partial charge on any atom is -0.478 e. The predicted molar refractivity (Wildman–Crippen MR) is 97.6 cm³/mol. The van der Waals surface area contributed by atoms with Gasteiger partial charge in [0.1, 0.15) is 0 Å². The summed E-state index contributed by atoms with van der Waals surface area (Å²) in [6, 6.07) is 20.9. The lowest BCUT2D eigenvalue weighted by Crippen LogP contribution is -2.24. The van der Waals surface area contributed by atoms with Gasteiger partial charge >= 0.3 is 5.97 Å². The Labute approximate surface area is 144 Å². The van der Waals surface area contributed by atoms with Crippen LogP contribution in [0.4, 0.5) is 0 Å². The number of rotatable bonds is 10. The van der Waals surface area contributed by atoms with E-state index in [0.29, 0.717) is 12.0 Å². The molecule has 3 heteroatoms. The van der Waals surface area contributed by atoms with Crippen LogP contribution in [0.2, 0.25) is 0 Å². The van der Waals surface area contributed by atoms with E-state index >= 15 is 0 Å². The Bertz CT molecular complexity index is 596. The smallest absolute Gasteiger partial charge is 0.330 e. The highest BCUT2D eigenvalue weighted by atomic mass is 16.4. The van der Waals surface area contributed by atoms with Crippen LogP contribution in [0, 0.1) is 0 Å². The minimum atomic E-state index is -0.888. The molecule has 0 bridgehead atoms. The van der Waals surface area contributed by atoms with Gasteiger partial charge in [0.2, 0.25) is 0 Å². The lowest BCUT2D eigenvalue weighted by atomic mass is 10.1. The quantitative estimate of drug-likeness (QED) is 0.517. The van der Waals surface area contributed by atoms with Gasteiger partial charge in [-0.25, -0.2) is 4.79 Å². The first-order valence-corrected chi connectivity index (χ1v) is 8.36. The molecule has 0 aromatic heterocycles. The van der Waals surface area contributed by atoms with E-state index in [2.05, 4.69) is 60.0 Å². The zero-order chi connectivity index (χ0) is 17.2. The molecule has 0 unspecified atom stereocenters. The Hall–Kier alpha value is -2.39. The summed E-state index contributed by atoms with van der Waals surface area (Å²) < 4.78 is 0. The second-order valence-electron chi connectivity index (χ2n) is 6.05. The third-order valence-electron chi connectivity index (χ3n) is 4.00. The van der Waals surface area contributed by atoms with Crippen LogP contribution in [-0.2, 0) is 17.9 Å². The molecule has 0 spiro atoms. The Morgan fingerprint density at radius 2 is 1.38 bits per heavy atom. The van der Waals surface area contributed by atoms with Gasteiger partial charge in [0.25, 0.3) is 0 Å². The summed E-state index contributed by atoms with van der Waals surface area (Å²) in [5.41, 5.74) is 2.89. The molecule has 0 saturated carbocycles. The fraction of sp³-hybridized carbons (Fsp3) is 0.286. The standard InChI is InChI=1S/C21H25NO2/c1-18(21(23)24)10-8-9-15-22(16-19-11-4-2-5-12-19)17-20-13-6-3-7-14-20/h2-7,11-14H,1,8-10,15-17H2,(H,23,24). The van der Waals surface area contributed by atoms with Gasteiger partial charge in [-0.1, -0.05) is 67.2 Å². The summed E-state index contributed by atoms with van der Waals surface area (Å²) in [4.78, 5) is 13.2. The molecule has 0 aliphatic rings. The second-order valence-corrected chi connectivity index (χ2v) is 6.05. The monoisotopic (exact) mass is 323 g/mol. The zero-order valence-electron chi connectivity index (χ0n) is 14.0. The molecular weight excluding hydrogens is 298 g/mol. The number of carbonyl (C=O) groups is 1. The van der Waals surface area contributed by atoms with Crippen LogP contribution < -0.4 is 0 Å². The summed E-state index contributed by atoms with van der Waals surface area (Å²) in [6.07, 6.45) is 2.37. The number of aliphatic carboxylic acids is 1. The molecule has 2 aromatic rings. The highest BCUT2D eigenvalue weighted by Gasteiger charge is 2.08. The van der Waals surface area contributed by atoms with Crippen molar-refractivity contribution in [2.24, 2.45) is 0 Å². The summed E-state index contributed by atoms with van der Waals surface area (Å²) in [7, 11) is 0. The van der Waals surface area contributed by atoms with Gasteiger partial charge in [-0.15, -0.1) is 0 Å². The molecule has 126 valence electrons. The molecular formula is C21H25NO2. The average molecular weight is 323 g/mol. The van der Waals surface area contributed by atoms with Gasteiger partial charge in [-0.3, -0.25) is 4.90 Å². The van der Waals surface area contributed by atoms with Gasteiger partial charge < -0.3 is 5.11 Å². The molecule has 0 heterocycles. The van der Waals surface area contributed by atoms with E-state index < -0.39 is 5.97 Å². The van der Waals surface area contributed by atoms with Gasteiger partial charge in [-0.2, -0.15) is 0 Å². The van der Waals surface area contributed by atoms with Crippen LogP contribution >= 0.6 is 0 Å². The largest absolute Gasteiger partial charge is 0.478 e. The Balaban J connectivity index is 1.90. The topological polar surface area (TPSA) is 40.5 Å². The number of hydrogen-bond donors (Lipinski definition) is 1. The maximum Gasteiger partial charge on any atom is 0.330 e. The number of carboxylic acids is 1. The molecule has 0 fully saturated rings. The zero-order valence-corrected chi connectivity index (χ0v) is 14.0. The number of benzene rings is 2. The summed E-state index contributed by atoms with van der Waals surface area (Å²) in [5.74, 6) is -0.888. The molecule has 0 amide bonds. The van der Waals surface area contributed by atoms with Crippen molar-refractivity contribution in [2.75, 3.05) is 6.54 Å².